The highest BCUT2D eigenvalue weighted by atomic mass is 15.1. The molecule has 2 rings (SSSR count). The predicted octanol–water partition coefficient (Wildman–Crippen LogP) is 1.86. The third-order valence-corrected chi connectivity index (χ3v) is 2.83. The number of hydrogen-bond donors (Lipinski definition) is 2. The first-order valence-electron chi connectivity index (χ1n) is 5.87. The van der Waals surface area contributed by atoms with Gasteiger partial charge < -0.3 is 11.1 Å². The molecule has 0 unspecified atom stereocenters. The number of hydrogen-bond acceptors (Lipinski definition) is 1. The maximum atomic E-state index is 5.78. The number of nitrogens with one attached hydrogen (secondary N) is 1. The summed E-state index contributed by atoms with van der Waals surface area (Å²) in [4.78, 5) is 4.36. The Hall–Kier alpha value is -1.51. The smallest absolute Gasteiger partial charge is 0.188 e. The van der Waals surface area contributed by atoms with Crippen LogP contribution in [0, 0.1) is 0 Å². The summed E-state index contributed by atoms with van der Waals surface area (Å²) in [7, 11) is 0. The normalized spacial score (nSPS) is 18.2. The van der Waals surface area contributed by atoms with Crippen LogP contribution in [0.15, 0.2) is 35.3 Å². The fraction of sp³-hybridized carbons (Fsp3) is 0.462. The van der Waals surface area contributed by atoms with Gasteiger partial charge in [0.05, 0.1) is 0 Å². The summed E-state index contributed by atoms with van der Waals surface area (Å²) in [5, 5.41) is 3.19. The molecule has 0 aromatic heterocycles. The molecular weight excluding hydrogens is 198 g/mol. The van der Waals surface area contributed by atoms with Crippen molar-refractivity contribution in [3.8, 4) is 0 Å². The van der Waals surface area contributed by atoms with Gasteiger partial charge in [-0.3, -0.25) is 4.99 Å². The summed E-state index contributed by atoms with van der Waals surface area (Å²) >= 11 is 0. The van der Waals surface area contributed by atoms with E-state index >= 15 is 0 Å². The molecule has 0 radical (unpaired) electrons. The SMILES string of the molecule is C[C@H](CN=C(N)NC1CC1)c1ccccc1. The maximum Gasteiger partial charge on any atom is 0.188 e. The fourth-order valence-corrected chi connectivity index (χ4v) is 1.60. The zero-order chi connectivity index (χ0) is 11.4. The van der Waals surface area contributed by atoms with Crippen molar-refractivity contribution in [2.75, 3.05) is 6.54 Å². The van der Waals surface area contributed by atoms with Gasteiger partial charge >= 0.3 is 0 Å². The van der Waals surface area contributed by atoms with Crippen molar-refractivity contribution in [2.45, 2.75) is 31.7 Å². The minimum Gasteiger partial charge on any atom is -0.370 e. The van der Waals surface area contributed by atoms with Gasteiger partial charge in [0, 0.05) is 18.5 Å². The van der Waals surface area contributed by atoms with E-state index in [2.05, 4.69) is 41.5 Å². The van der Waals surface area contributed by atoms with Gasteiger partial charge in [-0.05, 0) is 18.4 Å². The number of guanidine groups is 1. The van der Waals surface area contributed by atoms with Crippen molar-refractivity contribution in [1.29, 1.82) is 0 Å². The topological polar surface area (TPSA) is 50.4 Å². The zero-order valence-electron chi connectivity index (χ0n) is 9.69. The van der Waals surface area contributed by atoms with Crippen molar-refractivity contribution in [2.24, 2.45) is 10.7 Å². The Bertz CT molecular complexity index is 355. The second-order valence-corrected chi connectivity index (χ2v) is 4.46. The highest BCUT2D eigenvalue weighted by Crippen LogP contribution is 2.18. The molecule has 3 N–H and O–H groups in total. The van der Waals surface area contributed by atoms with Crippen molar-refractivity contribution < 1.29 is 0 Å². The Morgan fingerprint density at radius 3 is 2.75 bits per heavy atom. The minimum absolute atomic E-state index is 0.417. The average molecular weight is 217 g/mol. The summed E-state index contributed by atoms with van der Waals surface area (Å²) in [6, 6.07) is 11.0. The largest absolute Gasteiger partial charge is 0.370 e. The maximum absolute atomic E-state index is 5.78. The van der Waals surface area contributed by atoms with E-state index in [1.807, 2.05) is 6.07 Å². The van der Waals surface area contributed by atoms with Crippen LogP contribution in [0.4, 0.5) is 0 Å². The highest BCUT2D eigenvalue weighted by Gasteiger charge is 2.21. The van der Waals surface area contributed by atoms with E-state index in [1.165, 1.54) is 18.4 Å². The van der Waals surface area contributed by atoms with E-state index in [9.17, 15) is 0 Å². The molecule has 0 amide bonds. The molecule has 0 heterocycles. The molecule has 0 saturated heterocycles. The Morgan fingerprint density at radius 1 is 1.44 bits per heavy atom. The van der Waals surface area contributed by atoms with Crippen LogP contribution >= 0.6 is 0 Å². The lowest BCUT2D eigenvalue weighted by molar-refractivity contribution is 0.763. The molecule has 86 valence electrons. The molecule has 3 heteroatoms. The first kappa shape index (κ1) is 11.0. The Labute approximate surface area is 96.8 Å². The highest BCUT2D eigenvalue weighted by molar-refractivity contribution is 5.78. The van der Waals surface area contributed by atoms with Crippen LogP contribution in [-0.4, -0.2) is 18.5 Å². The number of nitrogens with zero attached hydrogens (tertiary/aromatic N) is 1. The molecule has 0 spiro atoms. The molecular formula is C13H19N3. The van der Waals surface area contributed by atoms with E-state index in [0.29, 0.717) is 17.9 Å². The van der Waals surface area contributed by atoms with Gasteiger partial charge in [-0.2, -0.15) is 0 Å². The minimum atomic E-state index is 0.417. The molecule has 1 aliphatic rings. The van der Waals surface area contributed by atoms with Gasteiger partial charge in [-0.25, -0.2) is 0 Å². The standard InChI is InChI=1S/C13H19N3/c1-10(11-5-3-2-4-6-11)9-15-13(14)16-12-7-8-12/h2-6,10,12H,7-9H2,1H3,(H3,14,15,16)/t10-/m1/s1. The lowest BCUT2D eigenvalue weighted by Crippen LogP contribution is -2.33. The molecule has 1 atom stereocenters. The van der Waals surface area contributed by atoms with Crippen molar-refractivity contribution in [3.63, 3.8) is 0 Å². The van der Waals surface area contributed by atoms with Crippen molar-refractivity contribution >= 4 is 5.96 Å². The van der Waals surface area contributed by atoms with Gasteiger partial charge in [-0.15, -0.1) is 0 Å². The van der Waals surface area contributed by atoms with E-state index in [1.54, 1.807) is 0 Å². The van der Waals surface area contributed by atoms with Gasteiger partial charge in [0.1, 0.15) is 0 Å². The summed E-state index contributed by atoms with van der Waals surface area (Å²) in [6.07, 6.45) is 2.45. The van der Waals surface area contributed by atoms with Crippen LogP contribution in [0.1, 0.15) is 31.2 Å². The summed E-state index contributed by atoms with van der Waals surface area (Å²) < 4.78 is 0. The van der Waals surface area contributed by atoms with Crippen LogP contribution in [0.2, 0.25) is 0 Å². The first-order valence-corrected chi connectivity index (χ1v) is 5.87. The van der Waals surface area contributed by atoms with Crippen LogP contribution in [-0.2, 0) is 0 Å². The zero-order valence-corrected chi connectivity index (χ0v) is 9.69. The lowest BCUT2D eigenvalue weighted by Gasteiger charge is -2.09. The molecule has 1 aliphatic carbocycles. The molecule has 16 heavy (non-hydrogen) atoms. The Kier molecular flexibility index (Phi) is 3.44. The first-order chi connectivity index (χ1) is 7.75. The molecule has 1 saturated carbocycles. The summed E-state index contributed by atoms with van der Waals surface area (Å²) in [5.41, 5.74) is 7.09. The molecule has 3 nitrogen and oxygen atoms in total. The Balaban J connectivity index is 1.84. The number of aliphatic imine (C=N–C) groups is 1. The molecule has 1 aromatic rings. The molecule has 0 bridgehead atoms. The van der Waals surface area contributed by atoms with Crippen molar-refractivity contribution in [3.05, 3.63) is 35.9 Å². The predicted molar refractivity (Wildman–Crippen MR) is 67.5 cm³/mol. The summed E-state index contributed by atoms with van der Waals surface area (Å²) in [5.74, 6) is 1.01. The monoisotopic (exact) mass is 217 g/mol. The van der Waals surface area contributed by atoms with E-state index in [4.69, 9.17) is 5.73 Å². The average Bonchev–Trinajstić information content (AvgIpc) is 3.11. The van der Waals surface area contributed by atoms with Crippen molar-refractivity contribution in [1.82, 2.24) is 5.32 Å². The van der Waals surface area contributed by atoms with E-state index in [-0.39, 0.29) is 0 Å². The Morgan fingerprint density at radius 2 is 2.12 bits per heavy atom. The number of nitrogens with two attached hydrogens (primary N) is 1. The third-order valence-electron chi connectivity index (χ3n) is 2.83. The second-order valence-electron chi connectivity index (χ2n) is 4.46. The van der Waals surface area contributed by atoms with Crippen LogP contribution in [0.25, 0.3) is 0 Å². The quantitative estimate of drug-likeness (QED) is 0.597. The molecule has 1 fully saturated rings. The van der Waals surface area contributed by atoms with Gasteiger partial charge in [0.25, 0.3) is 0 Å². The summed E-state index contributed by atoms with van der Waals surface area (Å²) in [6.45, 7) is 2.92. The van der Waals surface area contributed by atoms with Gasteiger partial charge in [0.2, 0.25) is 0 Å². The van der Waals surface area contributed by atoms with Crippen LogP contribution < -0.4 is 11.1 Å². The van der Waals surface area contributed by atoms with Gasteiger partial charge in [0.15, 0.2) is 5.96 Å². The lowest BCUT2D eigenvalue weighted by atomic mass is 10.0. The number of benzene rings is 1. The fourth-order valence-electron chi connectivity index (χ4n) is 1.60. The number of rotatable bonds is 4. The van der Waals surface area contributed by atoms with E-state index in [0.717, 1.165) is 6.54 Å². The third kappa shape index (κ3) is 3.26. The molecule has 0 aliphatic heterocycles. The second kappa shape index (κ2) is 5.01. The molecule has 1 aromatic carbocycles. The van der Waals surface area contributed by atoms with Crippen LogP contribution in [0.3, 0.4) is 0 Å². The van der Waals surface area contributed by atoms with Gasteiger partial charge in [-0.1, -0.05) is 37.3 Å². The van der Waals surface area contributed by atoms with Crippen LogP contribution in [0.5, 0.6) is 0 Å². The van der Waals surface area contributed by atoms with E-state index < -0.39 is 0 Å².